The van der Waals surface area contributed by atoms with Crippen LogP contribution < -0.4 is 4.90 Å². The Morgan fingerprint density at radius 2 is 1.50 bits per heavy atom. The van der Waals surface area contributed by atoms with Crippen LogP contribution in [0.1, 0.15) is 18.9 Å². The fraction of sp³-hybridized carbons (Fsp3) is 0.211. The van der Waals surface area contributed by atoms with Crippen molar-refractivity contribution in [2.75, 3.05) is 19.0 Å². The summed E-state index contributed by atoms with van der Waals surface area (Å²) in [7, 11) is 4.04. The fourth-order valence-corrected chi connectivity index (χ4v) is 2.37. The fourth-order valence-electron chi connectivity index (χ4n) is 2.37. The van der Waals surface area contributed by atoms with Crippen LogP contribution in [-0.2, 0) is 4.79 Å². The average Bonchev–Trinajstić information content (AvgIpc) is 2.52. The third-order valence-electron chi connectivity index (χ3n) is 3.65. The van der Waals surface area contributed by atoms with Crippen LogP contribution >= 0.6 is 0 Å². The Kier molecular flexibility index (Phi) is 4.99. The van der Waals surface area contributed by atoms with Gasteiger partial charge in [-0.05, 0) is 40.8 Å². The summed E-state index contributed by atoms with van der Waals surface area (Å²) in [5.41, 5.74) is 5.23. The van der Waals surface area contributed by atoms with E-state index in [4.69, 9.17) is 5.11 Å². The summed E-state index contributed by atoms with van der Waals surface area (Å²) in [4.78, 5) is 12.9. The highest BCUT2D eigenvalue weighted by Gasteiger charge is 2.04. The number of hydrogen-bond donors (Lipinski definition) is 1. The molecule has 2 aromatic rings. The predicted octanol–water partition coefficient (Wildman–Crippen LogP) is 4.30. The van der Waals surface area contributed by atoms with E-state index >= 15 is 0 Å². The topological polar surface area (TPSA) is 40.5 Å². The second kappa shape index (κ2) is 6.94. The lowest BCUT2D eigenvalue weighted by atomic mass is 9.98. The molecule has 3 nitrogen and oxygen atoms in total. The molecule has 0 spiro atoms. The van der Waals surface area contributed by atoms with Crippen molar-refractivity contribution in [3.05, 3.63) is 60.2 Å². The smallest absolute Gasteiger partial charge is 0.328 e. The maximum absolute atomic E-state index is 10.8. The Labute approximate surface area is 131 Å². The lowest BCUT2D eigenvalue weighted by Crippen LogP contribution is -2.07. The molecule has 2 aromatic carbocycles. The van der Waals surface area contributed by atoms with Crippen molar-refractivity contribution in [3.8, 4) is 11.1 Å². The van der Waals surface area contributed by atoms with Gasteiger partial charge in [-0.3, -0.25) is 0 Å². The van der Waals surface area contributed by atoms with Crippen LogP contribution in [0.15, 0.2) is 54.6 Å². The van der Waals surface area contributed by atoms with Crippen molar-refractivity contribution in [1.82, 2.24) is 0 Å². The van der Waals surface area contributed by atoms with E-state index in [1.54, 1.807) is 0 Å². The van der Waals surface area contributed by atoms with Gasteiger partial charge in [-0.25, -0.2) is 4.79 Å². The molecule has 0 radical (unpaired) electrons. The number of allylic oxidation sites excluding steroid dienone is 1. The van der Waals surface area contributed by atoms with E-state index in [9.17, 15) is 4.79 Å². The number of rotatable bonds is 5. The lowest BCUT2D eigenvalue weighted by molar-refractivity contribution is -0.131. The Hall–Kier alpha value is -2.55. The molecule has 2 rings (SSSR count). The SMILES string of the molecule is CC/C(=C\C(=O)O)c1ccc(-c2ccc(N(C)C)cc2)cc1. The van der Waals surface area contributed by atoms with Gasteiger partial charge in [0.25, 0.3) is 0 Å². The molecular formula is C19H21NO2. The molecule has 0 atom stereocenters. The number of hydrogen-bond acceptors (Lipinski definition) is 2. The van der Waals surface area contributed by atoms with E-state index in [0.29, 0.717) is 6.42 Å². The van der Waals surface area contributed by atoms with Crippen molar-refractivity contribution in [2.24, 2.45) is 0 Å². The zero-order valence-corrected chi connectivity index (χ0v) is 13.2. The van der Waals surface area contributed by atoms with Crippen LogP contribution in [-0.4, -0.2) is 25.2 Å². The normalized spacial score (nSPS) is 11.3. The van der Waals surface area contributed by atoms with Crippen LogP contribution in [0.4, 0.5) is 5.69 Å². The quantitative estimate of drug-likeness (QED) is 0.836. The molecule has 0 aromatic heterocycles. The van der Waals surface area contributed by atoms with Crippen molar-refractivity contribution >= 4 is 17.2 Å². The lowest BCUT2D eigenvalue weighted by Gasteiger charge is -2.13. The molecule has 0 saturated carbocycles. The number of anilines is 1. The highest BCUT2D eigenvalue weighted by Crippen LogP contribution is 2.25. The van der Waals surface area contributed by atoms with Gasteiger partial charge >= 0.3 is 5.97 Å². The molecule has 22 heavy (non-hydrogen) atoms. The van der Waals surface area contributed by atoms with Gasteiger partial charge in [-0.15, -0.1) is 0 Å². The third kappa shape index (κ3) is 3.76. The molecule has 114 valence electrons. The first-order valence-corrected chi connectivity index (χ1v) is 7.33. The molecule has 0 aliphatic heterocycles. The van der Waals surface area contributed by atoms with E-state index in [2.05, 4.69) is 29.2 Å². The Morgan fingerprint density at radius 3 is 1.91 bits per heavy atom. The standard InChI is InChI=1S/C19H21NO2/c1-4-14(13-19(21)22)15-5-7-16(8-6-15)17-9-11-18(12-10-17)20(2)3/h5-13H,4H2,1-3H3,(H,21,22)/b14-13+. The van der Waals surface area contributed by atoms with E-state index in [1.807, 2.05) is 45.3 Å². The van der Waals surface area contributed by atoms with Gasteiger partial charge in [0.15, 0.2) is 0 Å². The van der Waals surface area contributed by atoms with Crippen molar-refractivity contribution in [3.63, 3.8) is 0 Å². The first kappa shape index (κ1) is 15.8. The monoisotopic (exact) mass is 295 g/mol. The molecule has 0 fully saturated rings. The van der Waals surface area contributed by atoms with Crippen LogP contribution in [0.2, 0.25) is 0 Å². The van der Waals surface area contributed by atoms with E-state index in [-0.39, 0.29) is 0 Å². The average molecular weight is 295 g/mol. The summed E-state index contributed by atoms with van der Waals surface area (Å²) >= 11 is 0. The minimum absolute atomic E-state index is 0.698. The maximum Gasteiger partial charge on any atom is 0.328 e. The molecule has 0 heterocycles. The van der Waals surface area contributed by atoms with Crippen molar-refractivity contribution < 1.29 is 9.90 Å². The molecule has 1 N–H and O–H groups in total. The van der Waals surface area contributed by atoms with Crippen LogP contribution in [0.5, 0.6) is 0 Å². The Bertz CT molecular complexity index is 668. The summed E-state index contributed by atoms with van der Waals surface area (Å²) < 4.78 is 0. The number of benzene rings is 2. The zero-order chi connectivity index (χ0) is 16.1. The first-order chi connectivity index (χ1) is 10.5. The summed E-state index contributed by atoms with van der Waals surface area (Å²) in [6.45, 7) is 1.96. The predicted molar refractivity (Wildman–Crippen MR) is 92.1 cm³/mol. The van der Waals surface area contributed by atoms with Gasteiger partial charge in [0.05, 0.1) is 0 Å². The molecule has 0 unspecified atom stereocenters. The number of carbonyl (C=O) groups is 1. The summed E-state index contributed by atoms with van der Waals surface area (Å²) in [6, 6.07) is 16.4. The molecule has 0 saturated heterocycles. The third-order valence-corrected chi connectivity index (χ3v) is 3.65. The minimum Gasteiger partial charge on any atom is -0.478 e. The van der Waals surface area contributed by atoms with Gasteiger partial charge in [0.1, 0.15) is 0 Å². The number of carboxylic acids is 1. The summed E-state index contributed by atoms with van der Waals surface area (Å²) in [6.07, 6.45) is 1.98. The van der Waals surface area contributed by atoms with Gasteiger partial charge in [0.2, 0.25) is 0 Å². The molecule has 0 amide bonds. The number of aliphatic carboxylic acids is 1. The Balaban J connectivity index is 2.26. The highest BCUT2D eigenvalue weighted by atomic mass is 16.4. The molecule has 0 aliphatic rings. The summed E-state index contributed by atoms with van der Waals surface area (Å²) in [5.74, 6) is -0.903. The summed E-state index contributed by atoms with van der Waals surface area (Å²) in [5, 5.41) is 8.90. The second-order valence-corrected chi connectivity index (χ2v) is 5.38. The highest BCUT2D eigenvalue weighted by molar-refractivity contribution is 5.90. The van der Waals surface area contributed by atoms with Crippen LogP contribution in [0.3, 0.4) is 0 Å². The van der Waals surface area contributed by atoms with Gasteiger partial charge in [-0.2, -0.15) is 0 Å². The van der Waals surface area contributed by atoms with E-state index < -0.39 is 5.97 Å². The minimum atomic E-state index is -0.903. The molecule has 0 bridgehead atoms. The van der Waals surface area contributed by atoms with Crippen molar-refractivity contribution in [2.45, 2.75) is 13.3 Å². The van der Waals surface area contributed by atoms with Gasteiger partial charge in [-0.1, -0.05) is 43.3 Å². The Morgan fingerprint density at radius 1 is 1.00 bits per heavy atom. The second-order valence-electron chi connectivity index (χ2n) is 5.38. The first-order valence-electron chi connectivity index (χ1n) is 7.33. The van der Waals surface area contributed by atoms with Crippen LogP contribution in [0, 0.1) is 0 Å². The zero-order valence-electron chi connectivity index (χ0n) is 13.2. The van der Waals surface area contributed by atoms with E-state index in [1.165, 1.54) is 6.08 Å². The molecular weight excluding hydrogens is 274 g/mol. The van der Waals surface area contributed by atoms with Gasteiger partial charge in [0, 0.05) is 25.9 Å². The van der Waals surface area contributed by atoms with Gasteiger partial charge < -0.3 is 10.0 Å². The number of nitrogens with zero attached hydrogens (tertiary/aromatic N) is 1. The number of carboxylic acid groups (broad SMARTS) is 1. The van der Waals surface area contributed by atoms with Crippen LogP contribution in [0.25, 0.3) is 16.7 Å². The largest absolute Gasteiger partial charge is 0.478 e. The molecule has 3 heteroatoms. The maximum atomic E-state index is 10.8. The van der Waals surface area contributed by atoms with Crippen molar-refractivity contribution in [1.29, 1.82) is 0 Å². The molecule has 0 aliphatic carbocycles. The van der Waals surface area contributed by atoms with E-state index in [0.717, 1.165) is 28.0 Å².